The predicted octanol–water partition coefficient (Wildman–Crippen LogP) is 5.04. The van der Waals surface area contributed by atoms with Gasteiger partial charge in [-0.15, -0.1) is 0 Å². The fourth-order valence-electron chi connectivity index (χ4n) is 3.31. The van der Waals surface area contributed by atoms with Gasteiger partial charge in [0.05, 0.1) is 11.5 Å². The van der Waals surface area contributed by atoms with Crippen LogP contribution in [0.4, 0.5) is 0 Å². The van der Waals surface area contributed by atoms with Gasteiger partial charge in [0.25, 0.3) is 0 Å². The Bertz CT molecular complexity index is 1140. The lowest BCUT2D eigenvalue weighted by Crippen LogP contribution is -2.22. The van der Waals surface area contributed by atoms with Gasteiger partial charge >= 0.3 is 0 Å². The van der Waals surface area contributed by atoms with Crippen molar-refractivity contribution >= 4 is 16.9 Å². The molecule has 0 aliphatic carbocycles. The van der Waals surface area contributed by atoms with Crippen LogP contribution in [0.25, 0.3) is 33.7 Å². The molecule has 4 heteroatoms. The van der Waals surface area contributed by atoms with Crippen LogP contribution in [0.15, 0.2) is 71.1 Å². The molecule has 0 aliphatic heterocycles. The number of rotatable bonds is 5. The van der Waals surface area contributed by atoms with Crippen LogP contribution in [0.3, 0.4) is 0 Å². The first-order valence-corrected chi connectivity index (χ1v) is 9.38. The molecule has 4 nitrogen and oxygen atoms in total. The van der Waals surface area contributed by atoms with Crippen molar-refractivity contribution in [1.29, 1.82) is 0 Å². The number of hydrogen-bond acceptors (Lipinski definition) is 4. The quantitative estimate of drug-likeness (QED) is 0.494. The average Bonchev–Trinajstić information content (AvgIpc) is 3.22. The second kappa shape index (κ2) is 7.31. The SMILES string of the molecule is CC[C@H](C)c1ccc(-c2ccc(-c3cc(C(=O)[O-])c4ccccc4n3)o2)cc1. The first-order chi connectivity index (χ1) is 13.6. The van der Waals surface area contributed by atoms with Gasteiger partial charge in [0.1, 0.15) is 11.5 Å². The van der Waals surface area contributed by atoms with E-state index in [4.69, 9.17) is 4.42 Å². The molecule has 4 aromatic rings. The summed E-state index contributed by atoms with van der Waals surface area (Å²) >= 11 is 0. The van der Waals surface area contributed by atoms with E-state index in [0.29, 0.717) is 28.3 Å². The summed E-state index contributed by atoms with van der Waals surface area (Å²) in [5.74, 6) is 0.531. The molecule has 2 aromatic carbocycles. The Balaban J connectivity index is 1.72. The summed E-state index contributed by atoms with van der Waals surface area (Å²) < 4.78 is 5.99. The summed E-state index contributed by atoms with van der Waals surface area (Å²) in [6.45, 7) is 4.38. The van der Waals surface area contributed by atoms with Crippen molar-refractivity contribution in [2.75, 3.05) is 0 Å². The number of nitrogens with zero attached hydrogens (tertiary/aromatic N) is 1. The fourth-order valence-corrected chi connectivity index (χ4v) is 3.31. The standard InChI is InChI=1S/C24H21NO3/c1-3-15(2)16-8-10-17(11-9-16)22-12-13-23(28-22)21-14-19(24(26)27)18-6-4-5-7-20(18)25-21/h4-15H,3H2,1-2H3,(H,26,27)/p-1/t15-/m0/s1. The molecule has 0 saturated heterocycles. The van der Waals surface area contributed by atoms with Crippen LogP contribution in [0.2, 0.25) is 0 Å². The van der Waals surface area contributed by atoms with Crippen LogP contribution in [-0.4, -0.2) is 11.0 Å². The first-order valence-electron chi connectivity index (χ1n) is 9.38. The van der Waals surface area contributed by atoms with Crippen molar-refractivity contribution in [2.45, 2.75) is 26.2 Å². The molecular weight excluding hydrogens is 350 g/mol. The van der Waals surface area contributed by atoms with E-state index in [1.54, 1.807) is 18.2 Å². The maximum atomic E-state index is 11.6. The van der Waals surface area contributed by atoms with Gasteiger partial charge in [-0.1, -0.05) is 56.3 Å². The molecule has 0 amide bonds. The molecule has 140 valence electrons. The van der Waals surface area contributed by atoms with Crippen molar-refractivity contribution in [3.63, 3.8) is 0 Å². The number of aromatic nitrogens is 1. The Kier molecular flexibility index (Phi) is 4.70. The highest BCUT2D eigenvalue weighted by Crippen LogP contribution is 2.31. The van der Waals surface area contributed by atoms with E-state index in [1.165, 1.54) is 11.6 Å². The maximum Gasteiger partial charge on any atom is 0.153 e. The third kappa shape index (κ3) is 3.29. The Morgan fingerprint density at radius 3 is 2.46 bits per heavy atom. The third-order valence-electron chi connectivity index (χ3n) is 5.17. The van der Waals surface area contributed by atoms with Crippen LogP contribution in [0.5, 0.6) is 0 Å². The molecule has 2 aromatic heterocycles. The Morgan fingerprint density at radius 1 is 1.04 bits per heavy atom. The summed E-state index contributed by atoms with van der Waals surface area (Å²) in [7, 11) is 0. The lowest BCUT2D eigenvalue weighted by Gasteiger charge is -2.09. The van der Waals surface area contributed by atoms with Gasteiger partial charge < -0.3 is 14.3 Å². The lowest BCUT2D eigenvalue weighted by molar-refractivity contribution is -0.254. The smallest absolute Gasteiger partial charge is 0.153 e. The Hall–Kier alpha value is -3.40. The van der Waals surface area contributed by atoms with Gasteiger partial charge in [-0.25, -0.2) is 4.98 Å². The zero-order valence-electron chi connectivity index (χ0n) is 15.8. The molecule has 0 saturated carbocycles. The lowest BCUT2D eigenvalue weighted by atomic mass is 9.97. The van der Waals surface area contributed by atoms with Gasteiger partial charge in [0.2, 0.25) is 0 Å². The molecule has 1 atom stereocenters. The minimum absolute atomic E-state index is 0.108. The van der Waals surface area contributed by atoms with Crippen LogP contribution in [0, 0.1) is 0 Å². The number of furan rings is 1. The fraction of sp³-hybridized carbons (Fsp3) is 0.167. The van der Waals surface area contributed by atoms with Gasteiger partial charge in [0, 0.05) is 16.5 Å². The predicted molar refractivity (Wildman–Crippen MR) is 108 cm³/mol. The number of carboxylic acids is 1. The highest BCUT2D eigenvalue weighted by molar-refractivity contribution is 6.02. The second-order valence-electron chi connectivity index (χ2n) is 6.95. The molecule has 0 radical (unpaired) electrons. The Morgan fingerprint density at radius 2 is 1.75 bits per heavy atom. The minimum Gasteiger partial charge on any atom is -0.545 e. The van der Waals surface area contributed by atoms with E-state index in [9.17, 15) is 9.90 Å². The molecule has 0 N–H and O–H groups in total. The number of carboxylic acid groups (broad SMARTS) is 1. The largest absolute Gasteiger partial charge is 0.545 e. The molecule has 2 heterocycles. The third-order valence-corrected chi connectivity index (χ3v) is 5.17. The van der Waals surface area contributed by atoms with Gasteiger partial charge in [-0.2, -0.15) is 0 Å². The van der Waals surface area contributed by atoms with E-state index < -0.39 is 5.97 Å². The molecule has 0 unspecified atom stereocenters. The highest BCUT2D eigenvalue weighted by atomic mass is 16.4. The summed E-state index contributed by atoms with van der Waals surface area (Å²) in [4.78, 5) is 16.1. The maximum absolute atomic E-state index is 11.6. The Labute approximate surface area is 163 Å². The second-order valence-corrected chi connectivity index (χ2v) is 6.95. The number of fused-ring (bicyclic) bond motifs is 1. The van der Waals surface area contributed by atoms with Crippen molar-refractivity contribution in [3.8, 4) is 22.8 Å². The molecular formula is C24H20NO3-. The molecule has 4 rings (SSSR count). The van der Waals surface area contributed by atoms with E-state index in [-0.39, 0.29) is 5.56 Å². The number of pyridine rings is 1. The number of hydrogen-bond donors (Lipinski definition) is 0. The number of carbonyl (C=O) groups is 1. The van der Waals surface area contributed by atoms with E-state index in [1.807, 2.05) is 30.3 Å². The van der Waals surface area contributed by atoms with Crippen molar-refractivity contribution in [1.82, 2.24) is 4.98 Å². The highest BCUT2D eigenvalue weighted by Gasteiger charge is 2.13. The first kappa shape index (κ1) is 18.0. The van der Waals surface area contributed by atoms with Gasteiger partial charge in [-0.05, 0) is 42.2 Å². The molecule has 28 heavy (non-hydrogen) atoms. The molecule has 0 bridgehead atoms. The number of benzene rings is 2. The summed E-state index contributed by atoms with van der Waals surface area (Å²) in [6.07, 6.45) is 1.10. The number of para-hydroxylation sites is 1. The molecule has 0 fully saturated rings. The average molecular weight is 370 g/mol. The summed E-state index contributed by atoms with van der Waals surface area (Å²) in [5.41, 5.74) is 3.44. The number of carbonyl (C=O) groups excluding carboxylic acids is 1. The van der Waals surface area contributed by atoms with Crippen molar-refractivity contribution in [2.24, 2.45) is 0 Å². The van der Waals surface area contributed by atoms with Crippen molar-refractivity contribution in [3.05, 3.63) is 77.9 Å². The zero-order chi connectivity index (χ0) is 19.7. The summed E-state index contributed by atoms with van der Waals surface area (Å²) in [5, 5.41) is 12.1. The topological polar surface area (TPSA) is 66.2 Å². The van der Waals surface area contributed by atoms with E-state index in [2.05, 4.69) is 31.0 Å². The minimum atomic E-state index is -1.23. The summed E-state index contributed by atoms with van der Waals surface area (Å²) in [6, 6.07) is 20.6. The van der Waals surface area contributed by atoms with Crippen LogP contribution < -0.4 is 5.11 Å². The van der Waals surface area contributed by atoms with Crippen molar-refractivity contribution < 1.29 is 14.3 Å². The van der Waals surface area contributed by atoms with Crippen LogP contribution >= 0.6 is 0 Å². The monoisotopic (exact) mass is 370 g/mol. The van der Waals surface area contributed by atoms with Crippen LogP contribution in [-0.2, 0) is 0 Å². The molecule has 0 aliphatic rings. The van der Waals surface area contributed by atoms with Gasteiger partial charge in [0.15, 0.2) is 5.76 Å². The van der Waals surface area contributed by atoms with E-state index >= 15 is 0 Å². The van der Waals surface area contributed by atoms with Gasteiger partial charge in [-0.3, -0.25) is 0 Å². The van der Waals surface area contributed by atoms with Crippen LogP contribution in [0.1, 0.15) is 42.1 Å². The number of aromatic carboxylic acids is 1. The van der Waals surface area contributed by atoms with E-state index in [0.717, 1.165) is 17.7 Å². The normalized spacial score (nSPS) is 12.2. The zero-order valence-corrected chi connectivity index (χ0v) is 15.8. The molecule has 0 spiro atoms.